The molecule has 2 aliphatic heterocycles. The molecule has 1 fully saturated rings. The summed E-state index contributed by atoms with van der Waals surface area (Å²) in [7, 11) is 0. The van der Waals surface area contributed by atoms with Crippen molar-refractivity contribution in [2.75, 3.05) is 5.75 Å². The predicted octanol–water partition coefficient (Wildman–Crippen LogP) is 3.47. The second kappa shape index (κ2) is 8.85. The number of β-lactam (4-membered cyclic amide) rings is 1. The van der Waals surface area contributed by atoms with Gasteiger partial charge in [0.15, 0.2) is 0 Å². The number of nitrogens with zero attached hydrogens (tertiary/aromatic N) is 1. The molecular weight excluding hydrogens is 437 g/mol. The summed E-state index contributed by atoms with van der Waals surface area (Å²) in [6.45, 7) is -2.39. The summed E-state index contributed by atoms with van der Waals surface area (Å²) in [5.41, 5.74) is 0.355. The number of thioether (sulfide) groups is 1. The Morgan fingerprint density at radius 1 is 0.875 bits per heavy atom. The molecule has 3 aromatic carbocycles. The first-order valence-corrected chi connectivity index (χ1v) is 13.4. The van der Waals surface area contributed by atoms with Crippen LogP contribution in [0.1, 0.15) is 6.42 Å². The lowest BCUT2D eigenvalue weighted by Crippen LogP contribution is -2.53. The van der Waals surface area contributed by atoms with Gasteiger partial charge in [0.1, 0.15) is 11.7 Å². The molecule has 1 saturated heterocycles. The highest BCUT2D eigenvalue weighted by atomic mass is 32.2. The Labute approximate surface area is 191 Å². The zero-order valence-electron chi connectivity index (χ0n) is 17.3. The number of amides is 1. The maximum atomic E-state index is 13.2. The van der Waals surface area contributed by atoms with Gasteiger partial charge in [0.25, 0.3) is 0 Å². The van der Waals surface area contributed by atoms with E-state index in [1.807, 2.05) is 54.6 Å². The Kier molecular flexibility index (Phi) is 5.77. The van der Waals surface area contributed by atoms with Crippen molar-refractivity contribution in [3.8, 4) is 0 Å². The van der Waals surface area contributed by atoms with Crippen LogP contribution in [-0.2, 0) is 14.3 Å². The van der Waals surface area contributed by atoms with Gasteiger partial charge in [0, 0.05) is 12.6 Å². The van der Waals surface area contributed by atoms with Crippen molar-refractivity contribution in [2.45, 2.75) is 11.8 Å². The Bertz CT molecular complexity index is 1120. The van der Waals surface area contributed by atoms with E-state index in [1.54, 1.807) is 28.7 Å². The van der Waals surface area contributed by atoms with Gasteiger partial charge in [-0.1, -0.05) is 91.0 Å². The number of esters is 1. The fourth-order valence-corrected chi connectivity index (χ4v) is 8.69. The van der Waals surface area contributed by atoms with E-state index in [2.05, 4.69) is 36.4 Å². The molecule has 2 aliphatic rings. The molecular formula is C26H22NO3PS. The SMILES string of the molecule is O=C(OC=P(c1ccccc1)(c1ccccc1)c1ccccc1)C1=CCS[C@@H]2CC(=O)N12. The number of rotatable bonds is 5. The first kappa shape index (κ1) is 20.9. The molecule has 0 N–H and O–H groups in total. The number of carbonyl (C=O) groups is 2. The van der Waals surface area contributed by atoms with Crippen LogP contribution in [0.2, 0.25) is 0 Å². The lowest BCUT2D eigenvalue weighted by molar-refractivity contribution is -0.145. The summed E-state index contributed by atoms with van der Waals surface area (Å²) in [5, 5.41) is 3.33. The summed E-state index contributed by atoms with van der Waals surface area (Å²) >= 11 is 1.67. The molecule has 0 saturated carbocycles. The van der Waals surface area contributed by atoms with Crippen molar-refractivity contribution in [1.82, 2.24) is 4.90 Å². The molecule has 0 bridgehead atoms. The van der Waals surface area contributed by atoms with Crippen LogP contribution in [0.5, 0.6) is 0 Å². The summed E-state index contributed by atoms with van der Waals surface area (Å²) in [5.74, 6) is 1.93. The minimum absolute atomic E-state index is 0.0272. The molecule has 32 heavy (non-hydrogen) atoms. The molecule has 3 aromatic rings. The first-order chi connectivity index (χ1) is 15.7. The van der Waals surface area contributed by atoms with Gasteiger partial charge >= 0.3 is 5.97 Å². The quantitative estimate of drug-likeness (QED) is 0.333. The van der Waals surface area contributed by atoms with E-state index in [-0.39, 0.29) is 11.3 Å². The van der Waals surface area contributed by atoms with Crippen LogP contribution in [0.15, 0.2) is 103 Å². The Hall–Kier alpha value is -3.01. The average molecular weight is 460 g/mol. The highest BCUT2D eigenvalue weighted by Gasteiger charge is 2.43. The largest absolute Gasteiger partial charge is 0.429 e. The normalized spacial score (nSPS) is 17.6. The third-order valence-electron chi connectivity index (χ3n) is 5.75. The highest BCUT2D eigenvalue weighted by Crippen LogP contribution is 2.44. The van der Waals surface area contributed by atoms with E-state index in [9.17, 15) is 9.59 Å². The first-order valence-electron chi connectivity index (χ1n) is 10.4. The molecule has 0 unspecified atom stereocenters. The van der Waals surface area contributed by atoms with Gasteiger partial charge in [0.05, 0.1) is 11.8 Å². The average Bonchev–Trinajstić information content (AvgIpc) is 2.85. The lowest BCUT2D eigenvalue weighted by atomic mass is 10.1. The van der Waals surface area contributed by atoms with Crippen molar-refractivity contribution >= 4 is 52.4 Å². The second-order valence-corrected chi connectivity index (χ2v) is 12.0. The molecule has 0 aromatic heterocycles. The third-order valence-corrected chi connectivity index (χ3v) is 10.6. The van der Waals surface area contributed by atoms with Crippen LogP contribution in [-0.4, -0.2) is 33.9 Å². The maximum Gasteiger partial charge on any atom is 0.359 e. The van der Waals surface area contributed by atoms with E-state index in [0.717, 1.165) is 15.9 Å². The molecule has 6 heteroatoms. The molecule has 1 atom stereocenters. The minimum Gasteiger partial charge on any atom is -0.429 e. The van der Waals surface area contributed by atoms with Crippen LogP contribution in [0.3, 0.4) is 0 Å². The fraction of sp³-hybridized carbons (Fsp3) is 0.115. The summed E-state index contributed by atoms with van der Waals surface area (Å²) < 4.78 is 5.93. The topological polar surface area (TPSA) is 46.6 Å². The van der Waals surface area contributed by atoms with E-state index in [4.69, 9.17) is 4.74 Å². The maximum absolute atomic E-state index is 13.2. The van der Waals surface area contributed by atoms with E-state index >= 15 is 0 Å². The van der Waals surface area contributed by atoms with Crippen molar-refractivity contribution < 1.29 is 14.3 Å². The standard InChI is InChI=1S/C26H22NO3PS/c28-24-18-25-27(24)23(16-17-32-25)26(29)30-19-31(20-10-4-1-5-11-20,21-12-6-2-7-13-21)22-14-8-3-9-15-22/h1-16,19,25H,17-18H2/t25-/m1/s1. The van der Waals surface area contributed by atoms with Crippen molar-refractivity contribution in [3.05, 3.63) is 103 Å². The van der Waals surface area contributed by atoms with Gasteiger partial charge in [-0.25, -0.2) is 4.79 Å². The molecule has 1 amide bonds. The zero-order chi connectivity index (χ0) is 22.0. The smallest absolute Gasteiger partial charge is 0.359 e. The molecule has 2 heterocycles. The lowest BCUT2D eigenvalue weighted by Gasteiger charge is -2.42. The van der Waals surface area contributed by atoms with Gasteiger partial charge in [-0.05, 0) is 22.0 Å². The number of ether oxygens (including phenoxy) is 1. The number of hydrogen-bond acceptors (Lipinski definition) is 4. The molecule has 0 spiro atoms. The van der Waals surface area contributed by atoms with Crippen molar-refractivity contribution in [1.29, 1.82) is 0 Å². The number of benzene rings is 3. The van der Waals surface area contributed by atoms with E-state index in [0.29, 0.717) is 17.9 Å². The molecule has 160 valence electrons. The van der Waals surface area contributed by atoms with Crippen molar-refractivity contribution in [2.24, 2.45) is 0 Å². The Morgan fingerprint density at radius 3 is 1.84 bits per heavy atom. The van der Waals surface area contributed by atoms with Crippen molar-refractivity contribution in [3.63, 3.8) is 0 Å². The van der Waals surface area contributed by atoms with Gasteiger partial charge in [-0.2, -0.15) is 0 Å². The monoisotopic (exact) mass is 459 g/mol. The number of carbonyl (C=O) groups excluding carboxylic acids is 2. The molecule has 0 radical (unpaired) electrons. The van der Waals surface area contributed by atoms with Crippen LogP contribution >= 0.6 is 18.6 Å². The van der Waals surface area contributed by atoms with Crippen LogP contribution in [0.25, 0.3) is 0 Å². The van der Waals surface area contributed by atoms with Crippen LogP contribution in [0.4, 0.5) is 0 Å². The Morgan fingerprint density at radius 2 is 1.38 bits per heavy atom. The number of fused-ring (bicyclic) bond motifs is 1. The summed E-state index contributed by atoms with van der Waals surface area (Å²) in [6.07, 6.45) is 2.27. The molecule has 4 nitrogen and oxygen atoms in total. The van der Waals surface area contributed by atoms with E-state index in [1.165, 1.54) is 0 Å². The third kappa shape index (κ3) is 3.62. The van der Waals surface area contributed by atoms with Gasteiger partial charge < -0.3 is 4.74 Å². The number of hydrogen-bond donors (Lipinski definition) is 0. The molecule has 5 rings (SSSR count). The second-order valence-electron chi connectivity index (χ2n) is 7.59. The fourth-order valence-electron chi connectivity index (χ4n) is 4.13. The van der Waals surface area contributed by atoms with Gasteiger partial charge in [0.2, 0.25) is 5.91 Å². The van der Waals surface area contributed by atoms with Crippen LogP contribution in [0, 0.1) is 0 Å². The van der Waals surface area contributed by atoms with Gasteiger partial charge in [-0.3, -0.25) is 9.69 Å². The minimum atomic E-state index is -2.39. The molecule has 0 aliphatic carbocycles. The highest BCUT2D eigenvalue weighted by molar-refractivity contribution is 8.00. The van der Waals surface area contributed by atoms with Crippen LogP contribution < -0.4 is 15.9 Å². The van der Waals surface area contributed by atoms with Gasteiger partial charge in [-0.15, -0.1) is 11.8 Å². The predicted molar refractivity (Wildman–Crippen MR) is 133 cm³/mol. The Balaban J connectivity index is 1.65. The van der Waals surface area contributed by atoms with E-state index < -0.39 is 12.9 Å². The summed E-state index contributed by atoms with van der Waals surface area (Å²) in [6, 6.07) is 30.5. The zero-order valence-corrected chi connectivity index (χ0v) is 19.0. The summed E-state index contributed by atoms with van der Waals surface area (Å²) in [4.78, 5) is 26.8.